The van der Waals surface area contributed by atoms with Crippen LogP contribution in [0.1, 0.15) is 63.6 Å². The van der Waals surface area contributed by atoms with E-state index in [-0.39, 0.29) is 0 Å². The summed E-state index contributed by atoms with van der Waals surface area (Å²) >= 11 is 0. The Morgan fingerprint density at radius 3 is 2.14 bits per heavy atom. The van der Waals surface area contributed by atoms with E-state index in [2.05, 4.69) is 13.8 Å². The number of anilines is 1. The zero-order valence-electron chi connectivity index (χ0n) is 13.7. The standard InChI is InChI=1S/C18H29N3/c1-11(2)4-15-16(20-21(3)17(15)19)18-8-12-5-13(9-18)7-14(6-12)10-18/h11-14H,4-10,19H2,1-3H3. The molecular formula is C18H29N3. The van der Waals surface area contributed by atoms with Gasteiger partial charge >= 0.3 is 0 Å². The van der Waals surface area contributed by atoms with Gasteiger partial charge in [0.2, 0.25) is 0 Å². The van der Waals surface area contributed by atoms with E-state index in [0.29, 0.717) is 11.3 Å². The first-order valence-electron chi connectivity index (χ1n) is 8.78. The summed E-state index contributed by atoms with van der Waals surface area (Å²) in [6.07, 6.45) is 9.67. The number of nitrogens with two attached hydrogens (primary N) is 1. The first-order valence-corrected chi connectivity index (χ1v) is 8.78. The molecule has 4 saturated carbocycles. The van der Waals surface area contributed by atoms with Crippen molar-refractivity contribution < 1.29 is 0 Å². The molecule has 4 aliphatic carbocycles. The van der Waals surface area contributed by atoms with Gasteiger partial charge in [-0.05, 0) is 68.6 Å². The maximum absolute atomic E-state index is 6.37. The number of aromatic nitrogens is 2. The lowest BCUT2D eigenvalue weighted by Crippen LogP contribution is -2.49. The molecule has 3 heteroatoms. The summed E-state index contributed by atoms with van der Waals surface area (Å²) in [4.78, 5) is 0. The van der Waals surface area contributed by atoms with E-state index in [1.165, 1.54) is 49.8 Å². The van der Waals surface area contributed by atoms with E-state index < -0.39 is 0 Å². The monoisotopic (exact) mass is 287 g/mol. The summed E-state index contributed by atoms with van der Waals surface area (Å²) in [5.74, 6) is 4.45. The lowest BCUT2D eigenvalue weighted by atomic mass is 9.48. The fourth-order valence-corrected chi connectivity index (χ4v) is 6.02. The minimum Gasteiger partial charge on any atom is -0.384 e. The van der Waals surface area contributed by atoms with E-state index >= 15 is 0 Å². The molecule has 0 spiro atoms. The molecule has 5 rings (SSSR count). The van der Waals surface area contributed by atoms with Crippen LogP contribution >= 0.6 is 0 Å². The van der Waals surface area contributed by atoms with Crippen LogP contribution in [0.5, 0.6) is 0 Å². The molecule has 21 heavy (non-hydrogen) atoms. The molecule has 0 aliphatic heterocycles. The Hall–Kier alpha value is -0.990. The third kappa shape index (κ3) is 2.03. The second kappa shape index (κ2) is 4.50. The SMILES string of the molecule is CC(C)Cc1c(C23CC4CC(CC(C4)C2)C3)nn(C)c1N. The van der Waals surface area contributed by atoms with Crippen LogP contribution in [0, 0.1) is 23.7 Å². The zero-order chi connectivity index (χ0) is 14.8. The van der Waals surface area contributed by atoms with Crippen LogP contribution in [-0.2, 0) is 18.9 Å². The quantitative estimate of drug-likeness (QED) is 0.922. The third-order valence-electron chi connectivity index (χ3n) is 6.35. The van der Waals surface area contributed by atoms with Crippen molar-refractivity contribution in [1.82, 2.24) is 9.78 Å². The molecule has 0 atom stereocenters. The normalized spacial score (nSPS) is 37.6. The maximum atomic E-state index is 6.37. The molecule has 1 heterocycles. The van der Waals surface area contributed by atoms with Crippen LogP contribution in [0.15, 0.2) is 0 Å². The Labute approximate surface area is 128 Å². The minimum absolute atomic E-state index is 0.369. The summed E-state index contributed by atoms with van der Waals surface area (Å²) in [7, 11) is 2.02. The van der Waals surface area contributed by atoms with E-state index in [1.54, 1.807) is 0 Å². The molecular weight excluding hydrogens is 258 g/mol. The van der Waals surface area contributed by atoms with Crippen LogP contribution in [0.4, 0.5) is 5.82 Å². The molecule has 0 aromatic carbocycles. The summed E-state index contributed by atoms with van der Waals surface area (Å²) < 4.78 is 1.94. The van der Waals surface area contributed by atoms with Gasteiger partial charge in [-0.15, -0.1) is 0 Å². The average Bonchev–Trinajstić information content (AvgIpc) is 2.65. The predicted molar refractivity (Wildman–Crippen MR) is 86.0 cm³/mol. The number of hydrogen-bond donors (Lipinski definition) is 1. The molecule has 116 valence electrons. The highest BCUT2D eigenvalue weighted by molar-refractivity contribution is 5.47. The van der Waals surface area contributed by atoms with Gasteiger partial charge in [0, 0.05) is 18.0 Å². The van der Waals surface area contributed by atoms with Crippen molar-refractivity contribution in [1.29, 1.82) is 0 Å². The Balaban J connectivity index is 1.77. The molecule has 0 amide bonds. The van der Waals surface area contributed by atoms with E-state index in [9.17, 15) is 0 Å². The van der Waals surface area contributed by atoms with Crippen LogP contribution in [0.2, 0.25) is 0 Å². The van der Waals surface area contributed by atoms with Gasteiger partial charge < -0.3 is 5.73 Å². The van der Waals surface area contributed by atoms with Crippen LogP contribution in [0.25, 0.3) is 0 Å². The van der Waals surface area contributed by atoms with Crippen molar-refractivity contribution >= 4 is 5.82 Å². The van der Waals surface area contributed by atoms with Gasteiger partial charge in [-0.3, -0.25) is 4.68 Å². The number of nitrogen functional groups attached to an aromatic ring is 1. The van der Waals surface area contributed by atoms with E-state index in [4.69, 9.17) is 10.8 Å². The third-order valence-corrected chi connectivity index (χ3v) is 6.35. The van der Waals surface area contributed by atoms with Crippen molar-refractivity contribution in [3.05, 3.63) is 11.3 Å². The smallest absolute Gasteiger partial charge is 0.124 e. The fraction of sp³-hybridized carbons (Fsp3) is 0.833. The lowest BCUT2D eigenvalue weighted by Gasteiger charge is -2.56. The number of rotatable bonds is 3. The van der Waals surface area contributed by atoms with E-state index in [0.717, 1.165) is 30.0 Å². The van der Waals surface area contributed by atoms with Crippen molar-refractivity contribution in [3.63, 3.8) is 0 Å². The van der Waals surface area contributed by atoms with Crippen molar-refractivity contribution in [2.75, 3.05) is 5.73 Å². The fourth-order valence-electron chi connectivity index (χ4n) is 6.02. The van der Waals surface area contributed by atoms with Crippen molar-refractivity contribution in [2.24, 2.45) is 30.7 Å². The van der Waals surface area contributed by atoms with Gasteiger partial charge in [0.05, 0.1) is 5.69 Å². The van der Waals surface area contributed by atoms with Gasteiger partial charge in [-0.25, -0.2) is 0 Å². The highest BCUT2D eigenvalue weighted by atomic mass is 15.3. The van der Waals surface area contributed by atoms with Crippen LogP contribution in [-0.4, -0.2) is 9.78 Å². The minimum atomic E-state index is 0.369. The first-order chi connectivity index (χ1) is 9.97. The Morgan fingerprint density at radius 2 is 1.67 bits per heavy atom. The average molecular weight is 287 g/mol. The van der Waals surface area contributed by atoms with E-state index in [1.807, 2.05) is 11.7 Å². The lowest BCUT2D eigenvalue weighted by molar-refractivity contribution is -0.00785. The van der Waals surface area contributed by atoms with Crippen LogP contribution < -0.4 is 5.73 Å². The summed E-state index contributed by atoms with van der Waals surface area (Å²) in [5, 5.41) is 4.94. The summed E-state index contributed by atoms with van der Waals surface area (Å²) in [6, 6.07) is 0. The van der Waals surface area contributed by atoms with Gasteiger partial charge in [0.1, 0.15) is 5.82 Å². The molecule has 3 nitrogen and oxygen atoms in total. The van der Waals surface area contributed by atoms with Crippen molar-refractivity contribution in [3.8, 4) is 0 Å². The molecule has 4 bridgehead atoms. The zero-order valence-corrected chi connectivity index (χ0v) is 13.7. The summed E-state index contributed by atoms with van der Waals surface area (Å²) in [6.45, 7) is 4.58. The molecule has 1 aromatic rings. The molecule has 0 unspecified atom stereocenters. The van der Waals surface area contributed by atoms with Gasteiger partial charge in [0.25, 0.3) is 0 Å². The summed E-state index contributed by atoms with van der Waals surface area (Å²) in [5.41, 5.74) is 9.49. The Bertz CT molecular complexity index is 520. The maximum Gasteiger partial charge on any atom is 0.124 e. The highest BCUT2D eigenvalue weighted by Crippen LogP contribution is 2.61. The van der Waals surface area contributed by atoms with Gasteiger partial charge in [0.15, 0.2) is 0 Å². The van der Waals surface area contributed by atoms with Gasteiger partial charge in [-0.2, -0.15) is 5.10 Å². The van der Waals surface area contributed by atoms with Crippen LogP contribution in [0.3, 0.4) is 0 Å². The highest BCUT2D eigenvalue weighted by Gasteiger charge is 2.53. The predicted octanol–water partition coefficient (Wildman–Crippen LogP) is 3.67. The first kappa shape index (κ1) is 13.7. The molecule has 4 fully saturated rings. The largest absolute Gasteiger partial charge is 0.384 e. The topological polar surface area (TPSA) is 43.8 Å². The number of hydrogen-bond acceptors (Lipinski definition) is 2. The molecule has 0 saturated heterocycles. The number of nitrogens with zero attached hydrogens (tertiary/aromatic N) is 2. The van der Waals surface area contributed by atoms with Gasteiger partial charge in [-0.1, -0.05) is 13.8 Å². The molecule has 4 aliphatic rings. The number of aryl methyl sites for hydroxylation is 1. The Morgan fingerprint density at radius 1 is 1.14 bits per heavy atom. The molecule has 2 N–H and O–H groups in total. The Kier molecular flexibility index (Phi) is 2.93. The second-order valence-electron chi connectivity index (χ2n) is 8.63. The van der Waals surface area contributed by atoms with Crippen molar-refractivity contribution in [2.45, 2.75) is 64.2 Å². The molecule has 1 aromatic heterocycles. The molecule has 0 radical (unpaired) electrons. The second-order valence-corrected chi connectivity index (χ2v) is 8.63.